The first-order chi connectivity index (χ1) is 11.1. The number of ether oxygens (including phenoxy) is 1. The van der Waals surface area contributed by atoms with E-state index in [4.69, 9.17) is 5.73 Å². The standard InChI is InChI=1S/C18H20F2N2O.ClH/c19-18(20)23-15-8-4-5-13(9-15)10-22-11-16(17(21)12-22)14-6-2-1-3-7-14;/h1-9,16-18H,10-12,21H2;1H/t16-,17+;/m0./s1. The van der Waals surface area contributed by atoms with Gasteiger partial charge >= 0.3 is 6.61 Å². The van der Waals surface area contributed by atoms with Gasteiger partial charge < -0.3 is 10.5 Å². The van der Waals surface area contributed by atoms with Gasteiger partial charge in [0.2, 0.25) is 0 Å². The van der Waals surface area contributed by atoms with Crippen molar-refractivity contribution in [2.24, 2.45) is 5.73 Å². The minimum absolute atomic E-state index is 0. The number of hydrogen-bond acceptors (Lipinski definition) is 3. The highest BCUT2D eigenvalue weighted by atomic mass is 35.5. The Bertz CT molecular complexity index is 642. The van der Waals surface area contributed by atoms with Crippen LogP contribution in [0.5, 0.6) is 5.75 Å². The van der Waals surface area contributed by atoms with Gasteiger partial charge in [0.15, 0.2) is 0 Å². The van der Waals surface area contributed by atoms with E-state index >= 15 is 0 Å². The molecule has 6 heteroatoms. The van der Waals surface area contributed by atoms with Gasteiger partial charge in [-0.15, -0.1) is 12.4 Å². The second-order valence-electron chi connectivity index (χ2n) is 5.90. The third-order valence-electron chi connectivity index (χ3n) is 4.20. The molecule has 0 aliphatic carbocycles. The molecule has 0 unspecified atom stereocenters. The fraction of sp³-hybridized carbons (Fsp3) is 0.333. The molecule has 2 aromatic carbocycles. The minimum Gasteiger partial charge on any atom is -0.435 e. The van der Waals surface area contributed by atoms with Crippen molar-refractivity contribution in [2.45, 2.75) is 25.1 Å². The number of nitrogens with zero attached hydrogens (tertiary/aromatic N) is 1. The second kappa shape index (κ2) is 8.42. The van der Waals surface area contributed by atoms with E-state index < -0.39 is 6.61 Å². The van der Waals surface area contributed by atoms with Gasteiger partial charge in [-0.05, 0) is 23.3 Å². The van der Waals surface area contributed by atoms with E-state index in [0.717, 1.165) is 18.7 Å². The Morgan fingerprint density at radius 3 is 2.54 bits per heavy atom. The average Bonchev–Trinajstić information content (AvgIpc) is 2.88. The number of alkyl halides is 2. The van der Waals surface area contributed by atoms with Crippen LogP contribution in [-0.4, -0.2) is 30.6 Å². The SMILES string of the molecule is Cl.N[C@@H]1CN(Cc2cccc(OC(F)F)c2)C[C@H]1c1ccccc1. The molecule has 24 heavy (non-hydrogen) atoms. The van der Waals surface area contributed by atoms with Crippen LogP contribution in [0.4, 0.5) is 8.78 Å². The van der Waals surface area contributed by atoms with E-state index in [-0.39, 0.29) is 24.2 Å². The predicted octanol–water partition coefficient (Wildman–Crippen LogP) is 3.64. The van der Waals surface area contributed by atoms with Crippen molar-refractivity contribution < 1.29 is 13.5 Å². The molecule has 0 saturated carbocycles. The Labute approximate surface area is 146 Å². The Kier molecular flexibility index (Phi) is 6.54. The summed E-state index contributed by atoms with van der Waals surface area (Å²) in [7, 11) is 0. The molecule has 130 valence electrons. The summed E-state index contributed by atoms with van der Waals surface area (Å²) in [4.78, 5) is 2.25. The van der Waals surface area contributed by atoms with Crippen LogP contribution in [0.1, 0.15) is 17.0 Å². The van der Waals surface area contributed by atoms with Crippen LogP contribution in [0.3, 0.4) is 0 Å². The average molecular weight is 355 g/mol. The van der Waals surface area contributed by atoms with Gasteiger partial charge in [-0.1, -0.05) is 42.5 Å². The molecule has 2 atom stereocenters. The fourth-order valence-corrected chi connectivity index (χ4v) is 3.17. The zero-order chi connectivity index (χ0) is 16.2. The highest BCUT2D eigenvalue weighted by Gasteiger charge is 2.30. The van der Waals surface area contributed by atoms with Gasteiger partial charge in [-0.3, -0.25) is 4.90 Å². The van der Waals surface area contributed by atoms with Gasteiger partial charge in [-0.2, -0.15) is 8.78 Å². The summed E-state index contributed by atoms with van der Waals surface area (Å²) in [6.07, 6.45) is 0. The molecular formula is C18H21ClF2N2O. The van der Waals surface area contributed by atoms with Gasteiger partial charge in [0, 0.05) is 31.6 Å². The molecule has 1 saturated heterocycles. The topological polar surface area (TPSA) is 38.5 Å². The molecule has 0 amide bonds. The lowest BCUT2D eigenvalue weighted by Crippen LogP contribution is -2.28. The van der Waals surface area contributed by atoms with Crippen molar-refractivity contribution in [3.8, 4) is 5.75 Å². The summed E-state index contributed by atoms with van der Waals surface area (Å²) in [6.45, 7) is -0.463. The molecule has 2 aromatic rings. The maximum absolute atomic E-state index is 12.3. The molecule has 1 aliphatic rings. The monoisotopic (exact) mass is 354 g/mol. The third-order valence-corrected chi connectivity index (χ3v) is 4.20. The van der Waals surface area contributed by atoms with Crippen molar-refractivity contribution in [1.29, 1.82) is 0 Å². The molecule has 3 nitrogen and oxygen atoms in total. The Hall–Kier alpha value is -1.69. The second-order valence-corrected chi connectivity index (χ2v) is 5.90. The Morgan fingerprint density at radius 1 is 1.08 bits per heavy atom. The van der Waals surface area contributed by atoms with Crippen LogP contribution >= 0.6 is 12.4 Å². The molecule has 3 rings (SSSR count). The highest BCUT2D eigenvalue weighted by Crippen LogP contribution is 2.28. The Balaban J connectivity index is 0.00000208. The van der Waals surface area contributed by atoms with Crippen molar-refractivity contribution in [1.82, 2.24) is 4.90 Å². The zero-order valence-electron chi connectivity index (χ0n) is 13.1. The quantitative estimate of drug-likeness (QED) is 0.891. The Morgan fingerprint density at radius 2 is 1.83 bits per heavy atom. The van der Waals surface area contributed by atoms with E-state index in [1.165, 1.54) is 11.6 Å². The zero-order valence-corrected chi connectivity index (χ0v) is 14.0. The molecular weight excluding hydrogens is 334 g/mol. The molecule has 1 fully saturated rings. The number of nitrogens with two attached hydrogens (primary N) is 1. The largest absolute Gasteiger partial charge is 0.435 e. The van der Waals surface area contributed by atoms with E-state index in [9.17, 15) is 8.78 Å². The molecule has 0 spiro atoms. The van der Waals surface area contributed by atoms with Crippen LogP contribution in [0.15, 0.2) is 54.6 Å². The van der Waals surface area contributed by atoms with Crippen LogP contribution in [0, 0.1) is 0 Å². The molecule has 0 radical (unpaired) electrons. The van der Waals surface area contributed by atoms with Gasteiger partial charge in [0.05, 0.1) is 0 Å². The number of likely N-dealkylation sites (tertiary alicyclic amines) is 1. The summed E-state index contributed by atoms with van der Waals surface area (Å²) in [5, 5.41) is 0. The summed E-state index contributed by atoms with van der Waals surface area (Å²) < 4.78 is 29.1. The van der Waals surface area contributed by atoms with E-state index in [2.05, 4.69) is 21.8 Å². The fourth-order valence-electron chi connectivity index (χ4n) is 3.17. The number of rotatable bonds is 5. The summed E-state index contributed by atoms with van der Waals surface area (Å²) in [5.74, 6) is 0.498. The highest BCUT2D eigenvalue weighted by molar-refractivity contribution is 5.85. The maximum Gasteiger partial charge on any atom is 0.387 e. The van der Waals surface area contributed by atoms with Gasteiger partial charge in [0.1, 0.15) is 5.75 Å². The smallest absolute Gasteiger partial charge is 0.387 e. The number of hydrogen-bond donors (Lipinski definition) is 1. The van der Waals surface area contributed by atoms with Crippen molar-refractivity contribution in [3.63, 3.8) is 0 Å². The van der Waals surface area contributed by atoms with Crippen molar-refractivity contribution >= 4 is 12.4 Å². The maximum atomic E-state index is 12.3. The molecule has 1 aliphatic heterocycles. The minimum atomic E-state index is -2.80. The lowest BCUT2D eigenvalue weighted by atomic mass is 9.95. The van der Waals surface area contributed by atoms with Crippen molar-refractivity contribution in [3.05, 3.63) is 65.7 Å². The first-order valence-electron chi connectivity index (χ1n) is 7.68. The summed E-state index contributed by atoms with van der Waals surface area (Å²) in [5.41, 5.74) is 8.48. The number of benzene rings is 2. The van der Waals surface area contributed by atoms with Crippen LogP contribution in [0.25, 0.3) is 0 Å². The summed E-state index contributed by atoms with van der Waals surface area (Å²) >= 11 is 0. The van der Waals surface area contributed by atoms with Gasteiger partial charge in [0.25, 0.3) is 0 Å². The first kappa shape index (κ1) is 18.6. The number of halogens is 3. The van der Waals surface area contributed by atoms with Gasteiger partial charge in [-0.25, -0.2) is 0 Å². The molecule has 2 N–H and O–H groups in total. The van der Waals surface area contributed by atoms with Crippen LogP contribution in [0.2, 0.25) is 0 Å². The molecule has 0 aromatic heterocycles. The van der Waals surface area contributed by atoms with E-state index in [1.54, 1.807) is 12.1 Å². The van der Waals surface area contributed by atoms with E-state index in [1.807, 2.05) is 24.3 Å². The lowest BCUT2D eigenvalue weighted by molar-refractivity contribution is -0.0499. The first-order valence-corrected chi connectivity index (χ1v) is 7.68. The van der Waals surface area contributed by atoms with Crippen molar-refractivity contribution in [2.75, 3.05) is 13.1 Å². The lowest BCUT2D eigenvalue weighted by Gasteiger charge is -2.16. The summed E-state index contributed by atoms with van der Waals surface area (Å²) in [6, 6.07) is 17.2. The van der Waals surface area contributed by atoms with E-state index in [0.29, 0.717) is 12.5 Å². The molecule has 1 heterocycles. The van der Waals surface area contributed by atoms with Crippen LogP contribution in [-0.2, 0) is 6.54 Å². The molecule has 0 bridgehead atoms. The predicted molar refractivity (Wildman–Crippen MR) is 92.8 cm³/mol. The van der Waals surface area contributed by atoms with Crippen LogP contribution < -0.4 is 10.5 Å². The third kappa shape index (κ3) is 4.66. The normalized spacial score (nSPS) is 20.8.